The standard InChI is InChI=1S/C13H18N4OS/c1-4-9(2)19-13-16-15-12(17(13)14)10-5-7-11(18-3)8-6-10/h5-9H,4,14H2,1-3H3. The topological polar surface area (TPSA) is 66.0 Å². The van der Waals surface area contributed by atoms with Crippen molar-refractivity contribution in [3.8, 4) is 17.1 Å². The first kappa shape index (κ1) is 13.7. The van der Waals surface area contributed by atoms with Crippen LogP contribution in [0.25, 0.3) is 11.4 Å². The van der Waals surface area contributed by atoms with Crippen molar-refractivity contribution in [1.29, 1.82) is 0 Å². The highest BCUT2D eigenvalue weighted by atomic mass is 32.2. The lowest BCUT2D eigenvalue weighted by Crippen LogP contribution is -2.12. The quantitative estimate of drug-likeness (QED) is 0.672. The third-order valence-corrected chi connectivity index (χ3v) is 4.12. The number of rotatable bonds is 5. The van der Waals surface area contributed by atoms with Crippen molar-refractivity contribution in [1.82, 2.24) is 14.9 Å². The summed E-state index contributed by atoms with van der Waals surface area (Å²) >= 11 is 1.63. The second-order valence-corrected chi connectivity index (χ2v) is 5.65. The Morgan fingerprint density at radius 2 is 2.00 bits per heavy atom. The number of aromatic nitrogens is 3. The van der Waals surface area contributed by atoms with Gasteiger partial charge in [0, 0.05) is 10.8 Å². The smallest absolute Gasteiger partial charge is 0.210 e. The van der Waals surface area contributed by atoms with Crippen LogP contribution in [0.1, 0.15) is 20.3 Å². The largest absolute Gasteiger partial charge is 0.497 e. The monoisotopic (exact) mass is 278 g/mol. The third-order valence-electron chi connectivity index (χ3n) is 2.89. The van der Waals surface area contributed by atoms with E-state index in [1.807, 2.05) is 24.3 Å². The molecule has 0 saturated heterocycles. The van der Waals surface area contributed by atoms with Crippen LogP contribution in [-0.2, 0) is 0 Å². The second-order valence-electron chi connectivity index (χ2n) is 4.24. The number of thioether (sulfide) groups is 1. The molecular formula is C13H18N4OS. The van der Waals surface area contributed by atoms with Gasteiger partial charge >= 0.3 is 0 Å². The van der Waals surface area contributed by atoms with Gasteiger partial charge in [0.1, 0.15) is 5.75 Å². The lowest BCUT2D eigenvalue weighted by molar-refractivity contribution is 0.415. The maximum Gasteiger partial charge on any atom is 0.210 e. The van der Waals surface area contributed by atoms with E-state index in [4.69, 9.17) is 10.6 Å². The summed E-state index contributed by atoms with van der Waals surface area (Å²) in [7, 11) is 1.64. The first-order valence-corrected chi connectivity index (χ1v) is 7.05. The van der Waals surface area contributed by atoms with Gasteiger partial charge in [0.2, 0.25) is 5.16 Å². The number of ether oxygens (including phenoxy) is 1. The van der Waals surface area contributed by atoms with Crippen LogP contribution in [0.5, 0.6) is 5.75 Å². The predicted molar refractivity (Wildman–Crippen MR) is 77.8 cm³/mol. The molecule has 0 aliphatic rings. The molecule has 0 radical (unpaired) electrons. The van der Waals surface area contributed by atoms with Crippen molar-refractivity contribution >= 4 is 11.8 Å². The Morgan fingerprint density at radius 1 is 1.32 bits per heavy atom. The Hall–Kier alpha value is -1.69. The fourth-order valence-electron chi connectivity index (χ4n) is 1.56. The van der Waals surface area contributed by atoms with Gasteiger partial charge in [0.15, 0.2) is 5.82 Å². The number of hydrogen-bond donors (Lipinski definition) is 1. The molecule has 5 nitrogen and oxygen atoms in total. The molecular weight excluding hydrogens is 260 g/mol. The molecule has 2 rings (SSSR count). The highest BCUT2D eigenvalue weighted by Gasteiger charge is 2.14. The number of nitrogens with zero attached hydrogens (tertiary/aromatic N) is 3. The zero-order chi connectivity index (χ0) is 13.8. The van der Waals surface area contributed by atoms with Gasteiger partial charge in [-0.3, -0.25) is 0 Å². The Balaban J connectivity index is 2.25. The number of hydrogen-bond acceptors (Lipinski definition) is 5. The zero-order valence-corrected chi connectivity index (χ0v) is 12.1. The summed E-state index contributed by atoms with van der Waals surface area (Å²) < 4.78 is 6.67. The molecule has 1 aromatic carbocycles. The highest BCUT2D eigenvalue weighted by molar-refractivity contribution is 7.99. The number of nitrogen functional groups attached to an aromatic ring is 1. The third kappa shape index (κ3) is 3.01. The molecule has 0 spiro atoms. The summed E-state index contributed by atoms with van der Waals surface area (Å²) in [5, 5.41) is 9.50. The molecule has 6 heteroatoms. The van der Waals surface area contributed by atoms with E-state index in [9.17, 15) is 0 Å². The zero-order valence-electron chi connectivity index (χ0n) is 11.3. The van der Waals surface area contributed by atoms with Crippen molar-refractivity contribution in [2.75, 3.05) is 13.0 Å². The van der Waals surface area contributed by atoms with Crippen LogP contribution in [0.3, 0.4) is 0 Å². The SMILES string of the molecule is CCC(C)Sc1nnc(-c2ccc(OC)cc2)n1N. The molecule has 0 bridgehead atoms. The normalized spacial score (nSPS) is 12.4. The fourth-order valence-corrected chi connectivity index (χ4v) is 2.37. The van der Waals surface area contributed by atoms with E-state index in [0.29, 0.717) is 11.1 Å². The van der Waals surface area contributed by atoms with E-state index < -0.39 is 0 Å². The van der Waals surface area contributed by atoms with E-state index >= 15 is 0 Å². The lowest BCUT2D eigenvalue weighted by atomic mass is 10.2. The van der Waals surface area contributed by atoms with Crippen LogP contribution in [0.15, 0.2) is 29.4 Å². The Labute approximate surface area is 117 Å². The van der Waals surface area contributed by atoms with Gasteiger partial charge in [-0.15, -0.1) is 10.2 Å². The van der Waals surface area contributed by atoms with Gasteiger partial charge in [0.25, 0.3) is 0 Å². The fraction of sp³-hybridized carbons (Fsp3) is 0.385. The summed E-state index contributed by atoms with van der Waals surface area (Å²) in [5.41, 5.74) is 0.923. The van der Waals surface area contributed by atoms with Crippen molar-refractivity contribution in [2.45, 2.75) is 30.7 Å². The van der Waals surface area contributed by atoms with Gasteiger partial charge in [-0.05, 0) is 30.7 Å². The molecule has 0 saturated carbocycles. The van der Waals surface area contributed by atoms with Crippen molar-refractivity contribution < 1.29 is 4.74 Å². The second kappa shape index (κ2) is 5.97. The Bertz CT molecular complexity index is 538. The number of methoxy groups -OCH3 is 1. The molecule has 2 aromatic rings. The van der Waals surface area contributed by atoms with Crippen molar-refractivity contribution in [3.63, 3.8) is 0 Å². The van der Waals surface area contributed by atoms with Crippen LogP contribution in [0.4, 0.5) is 0 Å². The lowest BCUT2D eigenvalue weighted by Gasteiger charge is -2.07. The molecule has 1 aromatic heterocycles. The van der Waals surface area contributed by atoms with E-state index in [1.54, 1.807) is 23.5 Å². The summed E-state index contributed by atoms with van der Waals surface area (Å²) in [6.07, 6.45) is 1.06. The van der Waals surface area contributed by atoms with Crippen molar-refractivity contribution in [2.24, 2.45) is 0 Å². The van der Waals surface area contributed by atoms with E-state index in [1.165, 1.54) is 0 Å². The average Bonchev–Trinajstić information content (AvgIpc) is 2.80. The van der Waals surface area contributed by atoms with Gasteiger partial charge in [-0.25, -0.2) is 4.68 Å². The van der Waals surface area contributed by atoms with Gasteiger partial charge in [0.05, 0.1) is 7.11 Å². The summed E-state index contributed by atoms with van der Waals surface area (Å²) in [6, 6.07) is 7.60. The maximum absolute atomic E-state index is 6.05. The summed E-state index contributed by atoms with van der Waals surface area (Å²) in [6.45, 7) is 4.28. The highest BCUT2D eigenvalue weighted by Crippen LogP contribution is 2.26. The first-order chi connectivity index (χ1) is 9.15. The predicted octanol–water partition coefficient (Wildman–Crippen LogP) is 2.56. The van der Waals surface area contributed by atoms with Crippen LogP contribution < -0.4 is 10.6 Å². The van der Waals surface area contributed by atoms with E-state index in [-0.39, 0.29) is 0 Å². The van der Waals surface area contributed by atoms with Crippen LogP contribution >= 0.6 is 11.8 Å². The number of nitrogens with two attached hydrogens (primary N) is 1. The van der Waals surface area contributed by atoms with Gasteiger partial charge in [-0.1, -0.05) is 25.6 Å². The molecule has 0 aliphatic heterocycles. The van der Waals surface area contributed by atoms with E-state index in [2.05, 4.69) is 24.0 Å². The molecule has 1 atom stereocenters. The van der Waals surface area contributed by atoms with Gasteiger partial charge in [-0.2, -0.15) is 0 Å². The average molecular weight is 278 g/mol. The molecule has 0 aliphatic carbocycles. The summed E-state index contributed by atoms with van der Waals surface area (Å²) in [4.78, 5) is 0. The van der Waals surface area contributed by atoms with E-state index in [0.717, 1.165) is 22.9 Å². The van der Waals surface area contributed by atoms with Crippen LogP contribution in [0.2, 0.25) is 0 Å². The molecule has 102 valence electrons. The first-order valence-electron chi connectivity index (χ1n) is 6.17. The molecule has 19 heavy (non-hydrogen) atoms. The Kier molecular flexibility index (Phi) is 4.31. The molecule has 0 fully saturated rings. The van der Waals surface area contributed by atoms with Crippen LogP contribution in [0, 0.1) is 0 Å². The molecule has 0 amide bonds. The molecule has 2 N–H and O–H groups in total. The van der Waals surface area contributed by atoms with Gasteiger partial charge < -0.3 is 10.6 Å². The Morgan fingerprint density at radius 3 is 2.58 bits per heavy atom. The minimum Gasteiger partial charge on any atom is -0.497 e. The molecule has 1 heterocycles. The minimum absolute atomic E-state index is 0.468. The molecule has 1 unspecified atom stereocenters. The maximum atomic E-state index is 6.05. The minimum atomic E-state index is 0.468. The van der Waals surface area contributed by atoms with Crippen LogP contribution in [-0.4, -0.2) is 27.2 Å². The van der Waals surface area contributed by atoms with Crippen molar-refractivity contribution in [3.05, 3.63) is 24.3 Å². The summed E-state index contributed by atoms with van der Waals surface area (Å²) in [5.74, 6) is 7.52. The number of benzene rings is 1.